The van der Waals surface area contributed by atoms with E-state index in [-0.39, 0.29) is 10.8 Å². The van der Waals surface area contributed by atoms with Crippen molar-refractivity contribution in [3.05, 3.63) is 94.5 Å². The molecule has 0 unspecified atom stereocenters. The third-order valence-electron chi connectivity index (χ3n) is 4.90. The van der Waals surface area contributed by atoms with Gasteiger partial charge in [-0.2, -0.15) is 0 Å². The Morgan fingerprint density at radius 3 is 2.20 bits per heavy atom. The number of carbonyl (C=O) groups is 1. The Balaban J connectivity index is 1.82. The molecule has 0 bridgehead atoms. The average Bonchev–Trinajstić information content (AvgIpc) is 2.74. The van der Waals surface area contributed by atoms with Gasteiger partial charge in [0.1, 0.15) is 0 Å². The monoisotopic (exact) mass is 442 g/mol. The van der Waals surface area contributed by atoms with Crippen molar-refractivity contribution in [2.75, 3.05) is 18.4 Å². The summed E-state index contributed by atoms with van der Waals surface area (Å²) in [6.45, 7) is 2.17. The number of sulfonamides is 1. The molecular weight excluding hydrogens is 420 g/mol. The van der Waals surface area contributed by atoms with E-state index in [1.54, 1.807) is 73.5 Å². The lowest BCUT2D eigenvalue weighted by molar-refractivity contribution is 0.0785. The Kier molecular flexibility index (Phi) is 6.48. The third kappa shape index (κ3) is 4.50. The lowest BCUT2D eigenvalue weighted by Crippen LogP contribution is -2.28. The molecule has 30 heavy (non-hydrogen) atoms. The highest BCUT2D eigenvalue weighted by Crippen LogP contribution is 2.27. The summed E-state index contributed by atoms with van der Waals surface area (Å²) in [5, 5.41) is 0.608. The first-order valence-electron chi connectivity index (χ1n) is 9.35. The molecular formula is C23H23ClN2O3S. The van der Waals surface area contributed by atoms with E-state index < -0.39 is 10.0 Å². The fourth-order valence-electron chi connectivity index (χ4n) is 3.20. The topological polar surface area (TPSA) is 57.7 Å². The number of benzene rings is 3. The first-order chi connectivity index (χ1) is 14.2. The van der Waals surface area contributed by atoms with Crippen LogP contribution in [0.1, 0.15) is 21.5 Å². The van der Waals surface area contributed by atoms with Crippen LogP contribution in [0.5, 0.6) is 0 Å². The van der Waals surface area contributed by atoms with Crippen molar-refractivity contribution in [3.8, 4) is 0 Å². The first kappa shape index (κ1) is 21.9. The zero-order valence-corrected chi connectivity index (χ0v) is 18.6. The van der Waals surface area contributed by atoms with Crippen LogP contribution in [0.15, 0.2) is 77.7 Å². The molecule has 0 aliphatic rings. The molecule has 7 heteroatoms. The average molecular weight is 443 g/mol. The number of amides is 1. The standard InChI is InChI=1S/C23H23ClN2O3S/c1-17-15-18(23(27)25(2)16-19-9-7-8-12-21(19)24)13-14-22(17)26(3)30(28,29)20-10-5-4-6-11-20/h4-15H,16H2,1-3H3. The Morgan fingerprint density at radius 1 is 0.933 bits per heavy atom. The number of anilines is 1. The fraction of sp³-hybridized carbons (Fsp3) is 0.174. The van der Waals surface area contributed by atoms with Crippen LogP contribution in [-0.2, 0) is 16.6 Å². The normalized spacial score (nSPS) is 11.2. The number of aryl methyl sites for hydroxylation is 1. The molecule has 3 aromatic rings. The van der Waals surface area contributed by atoms with Crippen LogP contribution in [0, 0.1) is 6.92 Å². The zero-order valence-electron chi connectivity index (χ0n) is 17.0. The summed E-state index contributed by atoms with van der Waals surface area (Å²) in [6, 6.07) is 20.6. The summed E-state index contributed by atoms with van der Waals surface area (Å²) < 4.78 is 27.0. The highest BCUT2D eigenvalue weighted by Gasteiger charge is 2.23. The van der Waals surface area contributed by atoms with Crippen LogP contribution in [0.4, 0.5) is 5.69 Å². The smallest absolute Gasteiger partial charge is 0.264 e. The highest BCUT2D eigenvalue weighted by molar-refractivity contribution is 7.92. The molecule has 156 valence electrons. The SMILES string of the molecule is Cc1cc(C(=O)N(C)Cc2ccccc2Cl)ccc1N(C)S(=O)(=O)c1ccccc1. The van der Waals surface area contributed by atoms with Crippen LogP contribution < -0.4 is 4.31 Å². The molecule has 0 saturated carbocycles. The van der Waals surface area contributed by atoms with Crippen molar-refractivity contribution in [3.63, 3.8) is 0 Å². The van der Waals surface area contributed by atoms with E-state index in [4.69, 9.17) is 11.6 Å². The second-order valence-corrected chi connectivity index (χ2v) is 9.42. The predicted molar refractivity (Wildman–Crippen MR) is 120 cm³/mol. The zero-order chi connectivity index (χ0) is 21.9. The first-order valence-corrected chi connectivity index (χ1v) is 11.2. The van der Waals surface area contributed by atoms with Crippen LogP contribution in [0.2, 0.25) is 5.02 Å². The summed E-state index contributed by atoms with van der Waals surface area (Å²) in [5.74, 6) is -0.168. The summed E-state index contributed by atoms with van der Waals surface area (Å²) >= 11 is 6.19. The number of halogens is 1. The molecule has 0 heterocycles. The molecule has 0 spiro atoms. The molecule has 1 amide bonds. The summed E-state index contributed by atoms with van der Waals surface area (Å²) in [7, 11) is -0.467. The quantitative estimate of drug-likeness (QED) is 0.553. The van der Waals surface area contributed by atoms with Gasteiger partial charge < -0.3 is 4.90 Å². The minimum absolute atomic E-state index is 0.168. The van der Waals surface area contributed by atoms with Crippen LogP contribution in [-0.4, -0.2) is 33.3 Å². The number of hydrogen-bond acceptors (Lipinski definition) is 3. The number of rotatable bonds is 6. The van der Waals surface area contributed by atoms with Gasteiger partial charge in [-0.15, -0.1) is 0 Å². The van der Waals surface area contributed by atoms with Gasteiger partial charge in [-0.25, -0.2) is 8.42 Å². The Bertz CT molecular complexity index is 1160. The lowest BCUT2D eigenvalue weighted by Gasteiger charge is -2.23. The second kappa shape index (κ2) is 8.90. The van der Waals surface area contributed by atoms with Crippen molar-refractivity contribution >= 4 is 33.2 Å². The highest BCUT2D eigenvalue weighted by atomic mass is 35.5. The molecule has 0 aromatic heterocycles. The van der Waals surface area contributed by atoms with Gasteiger partial charge in [0.2, 0.25) is 0 Å². The fourth-order valence-corrected chi connectivity index (χ4v) is 4.67. The maximum Gasteiger partial charge on any atom is 0.264 e. The van der Waals surface area contributed by atoms with Crippen molar-refractivity contribution in [2.24, 2.45) is 0 Å². The van der Waals surface area contributed by atoms with Crippen molar-refractivity contribution in [1.29, 1.82) is 0 Å². The molecule has 3 aromatic carbocycles. The Hall–Kier alpha value is -2.83. The van der Waals surface area contributed by atoms with Crippen molar-refractivity contribution in [2.45, 2.75) is 18.4 Å². The molecule has 0 N–H and O–H groups in total. The molecule has 0 atom stereocenters. The number of hydrogen-bond donors (Lipinski definition) is 0. The molecule has 5 nitrogen and oxygen atoms in total. The summed E-state index contributed by atoms with van der Waals surface area (Å²) in [5.41, 5.74) is 2.55. The molecule has 0 fully saturated rings. The van der Waals surface area contributed by atoms with Gasteiger partial charge in [0, 0.05) is 31.2 Å². The van der Waals surface area contributed by atoms with Crippen molar-refractivity contribution < 1.29 is 13.2 Å². The summed E-state index contributed by atoms with van der Waals surface area (Å²) in [6.07, 6.45) is 0. The molecule has 0 radical (unpaired) electrons. The number of carbonyl (C=O) groups excluding carboxylic acids is 1. The van der Waals surface area contributed by atoms with Crippen molar-refractivity contribution in [1.82, 2.24) is 4.90 Å². The minimum atomic E-state index is -3.69. The Morgan fingerprint density at radius 2 is 1.57 bits per heavy atom. The van der Waals surface area contributed by atoms with Gasteiger partial charge in [-0.05, 0) is 54.4 Å². The number of nitrogens with zero attached hydrogens (tertiary/aromatic N) is 2. The van der Waals surface area contributed by atoms with Crippen LogP contribution >= 0.6 is 11.6 Å². The van der Waals surface area contributed by atoms with Crippen LogP contribution in [0.25, 0.3) is 0 Å². The van der Waals surface area contributed by atoms with E-state index >= 15 is 0 Å². The Labute approximate surface area is 182 Å². The van der Waals surface area contributed by atoms with E-state index in [9.17, 15) is 13.2 Å². The summed E-state index contributed by atoms with van der Waals surface area (Å²) in [4.78, 5) is 14.7. The molecule has 0 saturated heterocycles. The third-order valence-corrected chi connectivity index (χ3v) is 7.05. The molecule has 0 aliphatic carbocycles. The minimum Gasteiger partial charge on any atom is -0.337 e. The van der Waals surface area contributed by atoms with Gasteiger partial charge in [-0.3, -0.25) is 9.10 Å². The predicted octanol–water partition coefficient (Wildman–Crippen LogP) is 4.75. The van der Waals surface area contributed by atoms with E-state index in [1.165, 1.54) is 11.4 Å². The van der Waals surface area contributed by atoms with Gasteiger partial charge in [-0.1, -0.05) is 48.0 Å². The van der Waals surface area contributed by atoms with Gasteiger partial charge >= 0.3 is 0 Å². The molecule has 3 rings (SSSR count). The maximum absolute atomic E-state index is 12.9. The van der Waals surface area contributed by atoms with E-state index in [0.717, 1.165) is 5.56 Å². The van der Waals surface area contributed by atoms with Crippen LogP contribution in [0.3, 0.4) is 0 Å². The van der Waals surface area contributed by atoms with Gasteiger partial charge in [0.15, 0.2) is 0 Å². The van der Waals surface area contributed by atoms with E-state index in [0.29, 0.717) is 28.4 Å². The maximum atomic E-state index is 12.9. The van der Waals surface area contributed by atoms with E-state index in [1.807, 2.05) is 18.2 Å². The lowest BCUT2D eigenvalue weighted by atomic mass is 10.1. The molecule has 0 aliphatic heterocycles. The second-order valence-electron chi connectivity index (χ2n) is 7.04. The largest absolute Gasteiger partial charge is 0.337 e. The van der Waals surface area contributed by atoms with Gasteiger partial charge in [0.05, 0.1) is 10.6 Å². The van der Waals surface area contributed by atoms with Gasteiger partial charge in [0.25, 0.3) is 15.9 Å². The van der Waals surface area contributed by atoms with E-state index in [2.05, 4.69) is 0 Å².